The molecule has 0 aliphatic carbocycles. The van der Waals surface area contributed by atoms with Gasteiger partial charge >= 0.3 is 22.8 Å². The number of carbonyl (C=O) groups excluding carboxylic acids is 12. The first-order chi connectivity index (χ1) is 62.1. The van der Waals surface area contributed by atoms with Crippen molar-refractivity contribution in [2.45, 2.75) is 257 Å². The molecule has 4 saturated heterocycles. The molecular weight excluding hydrogens is 1750 g/mol. The Morgan fingerprint density at radius 3 is 0.992 bits per heavy atom. The van der Waals surface area contributed by atoms with Crippen molar-refractivity contribution in [3.63, 3.8) is 0 Å². The lowest BCUT2D eigenvalue weighted by Crippen LogP contribution is -2.44. The van der Waals surface area contributed by atoms with Crippen LogP contribution in [0.5, 0.6) is 0 Å². The summed E-state index contributed by atoms with van der Waals surface area (Å²) in [6.45, 7) is 11.7. The second kappa shape index (κ2) is 54.7. The highest BCUT2D eigenvalue weighted by Crippen LogP contribution is 2.31. The number of nitrogens with zero attached hydrogens (tertiary/aromatic N) is 8. The number of rotatable bonds is 42. The third-order valence-electron chi connectivity index (χ3n) is 23.0. The molecule has 4 fully saturated rings. The van der Waals surface area contributed by atoms with Crippen LogP contribution in [0.4, 0.5) is 0 Å². The van der Waals surface area contributed by atoms with Crippen molar-refractivity contribution < 1.29 is 76.5 Å². The van der Waals surface area contributed by atoms with E-state index in [0.29, 0.717) is 163 Å². The topological polar surface area (TPSA) is 398 Å². The highest BCUT2D eigenvalue weighted by atomic mass is 79.9. The van der Waals surface area contributed by atoms with Gasteiger partial charge in [0.1, 0.15) is 60.5 Å². The van der Waals surface area contributed by atoms with Crippen LogP contribution in [0, 0.1) is 24.2 Å². The number of hydrogen-bond acceptors (Lipinski definition) is 20. The van der Waals surface area contributed by atoms with Crippen molar-refractivity contribution in [3.05, 3.63) is 136 Å². The number of terminal acetylenes is 1. The molecule has 130 heavy (non-hydrogen) atoms. The number of carbonyl (C=O) groups is 12. The molecule has 4 aromatic carbocycles. The Bertz CT molecular complexity index is 5520. The number of Topliss-reactive ketones (excluding diaryl/α,β-unsaturated/α-hetero) is 4. The first-order valence-electron chi connectivity index (χ1n) is 45.2. The minimum absolute atomic E-state index is 0. The molecule has 32 nitrogen and oxygen atoms in total. The van der Waals surface area contributed by atoms with Gasteiger partial charge in [-0.15, -0.1) is 6.42 Å². The number of aromatic nitrogens is 8. The SMILES string of the molecule is C#CCOCCC(=O)CCCCC.CCCCCC(=O)CCOCC#Cc1cccc2c1n(C)c(=O)n2C1CCC(=O)NC1=O.CCCCCC(=O)CCOCCCc1cccc2c1n(C)c(=O)n2C1CCC(=O)NC1=O.CCCCCC(=O)CCOCCCc1cccc2c1n(C)c(=O)n2C1CCC(=O)NC1=O.Cn1c(=O)n(C2CCC(=O)NC2=O)c2cccc(Br)c21.P. The zero-order valence-corrected chi connectivity index (χ0v) is 79.4. The maximum Gasteiger partial charge on any atom is 0.329 e. The number of piperidine rings is 4. The highest BCUT2D eigenvalue weighted by Gasteiger charge is 2.36. The molecule has 4 aliphatic rings. The molecule has 34 heteroatoms. The van der Waals surface area contributed by atoms with Crippen LogP contribution in [0.15, 0.2) is 96.4 Å². The summed E-state index contributed by atoms with van der Waals surface area (Å²) >= 11 is 3.42. The van der Waals surface area contributed by atoms with Crippen LogP contribution in [0.25, 0.3) is 44.1 Å². The molecule has 4 aliphatic heterocycles. The van der Waals surface area contributed by atoms with Gasteiger partial charge in [0.2, 0.25) is 47.3 Å². The summed E-state index contributed by atoms with van der Waals surface area (Å²) in [6.07, 6.45) is 27.2. The van der Waals surface area contributed by atoms with Gasteiger partial charge in [0.25, 0.3) is 0 Å². The standard InChI is InChI=1S/2C24H33N3O5.C24H29N3O5.C13H12BrN3O3.C11H18O2.H3P/c3*1-3-4-5-10-18(28)14-16-32-15-7-9-17-8-6-11-19-22(17)26(2)24(31)27(19)20-12-13-21(29)25-23(20)30;1-16-11-7(14)3-2-4-8(11)17(13(16)20)9-5-6-10(18)15-12(9)19;1-3-5-6-7-11(12)8-10-13-9-4-2;/h2*6,8,11,20H,3-5,7,9-10,12-16H2,1-2H3,(H,25,29,30);6,8,11,20H,3-5,10,12-16H2,1-2H3,(H,25,29,30);2-4,9H,5-6H2,1H3,(H,15,18,19);2H,3,5-10H2,1H3;1H3. The van der Waals surface area contributed by atoms with E-state index in [1.807, 2.05) is 48.5 Å². The summed E-state index contributed by atoms with van der Waals surface area (Å²) in [5.41, 5.74) is 7.17. The summed E-state index contributed by atoms with van der Waals surface area (Å²) in [4.78, 5) is 192. The Kier molecular flexibility index (Phi) is 44.6. The van der Waals surface area contributed by atoms with E-state index < -0.39 is 47.8 Å². The van der Waals surface area contributed by atoms with Crippen molar-refractivity contribution in [3.8, 4) is 24.2 Å². The van der Waals surface area contributed by atoms with Crippen LogP contribution in [0.1, 0.15) is 261 Å². The van der Waals surface area contributed by atoms with Gasteiger partial charge in [-0.25, -0.2) is 19.2 Å². The molecular formula is C96H128BrN12O20P. The number of halogens is 1. The molecule has 5 unspecified atom stereocenters. The van der Waals surface area contributed by atoms with Crippen LogP contribution in [-0.2, 0) is 118 Å². The van der Waals surface area contributed by atoms with Crippen LogP contribution in [0.3, 0.4) is 0 Å². The highest BCUT2D eigenvalue weighted by molar-refractivity contribution is 9.10. The molecule has 8 aromatic rings. The Morgan fingerprint density at radius 2 is 0.662 bits per heavy atom. The summed E-state index contributed by atoms with van der Waals surface area (Å²) in [5.74, 6) is 6.36. The number of ether oxygens (including phenoxy) is 4. The number of ketones is 4. The largest absolute Gasteiger partial charge is 0.381 e. The zero-order chi connectivity index (χ0) is 93.6. The minimum atomic E-state index is -0.731. The lowest BCUT2D eigenvalue weighted by atomic mass is 10.0. The van der Waals surface area contributed by atoms with Crippen molar-refractivity contribution in [2.75, 3.05) is 52.9 Å². The fourth-order valence-electron chi connectivity index (χ4n) is 16.1. The third-order valence-corrected chi connectivity index (χ3v) is 23.6. The van der Waals surface area contributed by atoms with E-state index in [9.17, 15) is 76.7 Å². The third kappa shape index (κ3) is 29.8. The number of imide groups is 4. The van der Waals surface area contributed by atoms with Crippen molar-refractivity contribution >= 4 is 140 Å². The lowest BCUT2D eigenvalue weighted by Gasteiger charge is -2.21. The average molecular weight is 1880 g/mol. The van der Waals surface area contributed by atoms with Crippen molar-refractivity contribution in [1.82, 2.24) is 57.8 Å². The summed E-state index contributed by atoms with van der Waals surface area (Å²) in [7, 11) is 6.71. The molecule has 8 heterocycles. The molecule has 0 spiro atoms. The Balaban J connectivity index is 0.000000228. The second-order valence-electron chi connectivity index (χ2n) is 32.6. The smallest absolute Gasteiger partial charge is 0.329 e. The number of para-hydroxylation sites is 4. The van der Waals surface area contributed by atoms with Crippen LogP contribution in [0.2, 0.25) is 0 Å². The Hall–Kier alpha value is -10.9. The number of fused-ring (bicyclic) bond motifs is 4. The van der Waals surface area contributed by atoms with Crippen molar-refractivity contribution in [2.24, 2.45) is 28.2 Å². The van der Waals surface area contributed by atoms with E-state index in [4.69, 9.17) is 25.4 Å². The fraction of sp³-hybridized carbons (Fsp3) is 0.542. The summed E-state index contributed by atoms with van der Waals surface area (Å²) in [5, 5.41) is 9.25. The van der Waals surface area contributed by atoms with Crippen LogP contribution >= 0.6 is 25.8 Å². The summed E-state index contributed by atoms with van der Waals surface area (Å²) in [6, 6.07) is 19.5. The maximum atomic E-state index is 12.9. The van der Waals surface area contributed by atoms with Gasteiger partial charge in [-0.05, 0) is 141 Å². The van der Waals surface area contributed by atoms with E-state index in [1.165, 1.54) is 27.4 Å². The number of hydrogen-bond donors (Lipinski definition) is 4. The molecule has 0 bridgehead atoms. The normalized spacial score (nSPS) is 16.0. The van der Waals surface area contributed by atoms with Crippen LogP contribution in [-0.4, -0.2) is 160 Å². The predicted octanol–water partition coefficient (Wildman–Crippen LogP) is 11.2. The Morgan fingerprint density at radius 1 is 0.369 bits per heavy atom. The predicted molar refractivity (Wildman–Crippen MR) is 504 cm³/mol. The number of benzene rings is 4. The number of imidazole rings is 4. The molecule has 4 aromatic heterocycles. The lowest BCUT2D eigenvalue weighted by molar-refractivity contribution is -0.137. The van der Waals surface area contributed by atoms with E-state index in [2.05, 4.69) is 82.7 Å². The first kappa shape index (κ1) is 106. The number of unbranched alkanes of at least 4 members (excludes halogenated alkanes) is 8. The van der Waals surface area contributed by atoms with E-state index in [1.54, 1.807) is 61.6 Å². The summed E-state index contributed by atoms with van der Waals surface area (Å²) < 4.78 is 34.6. The number of amides is 8. The first-order valence-corrected chi connectivity index (χ1v) is 46.0. The quantitative estimate of drug-likeness (QED) is 0.0119. The van der Waals surface area contributed by atoms with Crippen molar-refractivity contribution in [1.29, 1.82) is 0 Å². The van der Waals surface area contributed by atoms with Gasteiger partial charge in [0.05, 0.1) is 76.1 Å². The van der Waals surface area contributed by atoms with Gasteiger partial charge in [-0.1, -0.05) is 133 Å². The molecule has 4 N–H and O–H groups in total. The molecule has 704 valence electrons. The number of aryl methyl sites for hydroxylation is 6. The van der Waals surface area contributed by atoms with Gasteiger partial charge in [0, 0.05) is 123 Å². The maximum absolute atomic E-state index is 12.9. The van der Waals surface area contributed by atoms with E-state index in [-0.39, 0.29) is 118 Å². The fourth-order valence-corrected chi connectivity index (χ4v) is 16.8. The average Bonchev–Trinajstić information content (AvgIpc) is 1.62. The molecule has 8 amide bonds. The zero-order valence-electron chi connectivity index (χ0n) is 76.4. The number of nitrogens with one attached hydrogen (secondary N) is 4. The van der Waals surface area contributed by atoms with E-state index >= 15 is 0 Å². The van der Waals surface area contributed by atoms with Gasteiger partial charge in [0.15, 0.2) is 0 Å². The van der Waals surface area contributed by atoms with Crippen LogP contribution < -0.4 is 44.0 Å². The minimum Gasteiger partial charge on any atom is -0.381 e. The van der Waals surface area contributed by atoms with Gasteiger partial charge in [-0.3, -0.25) is 115 Å². The molecule has 0 saturated carbocycles. The van der Waals surface area contributed by atoms with Gasteiger partial charge < -0.3 is 18.9 Å². The Labute approximate surface area is 768 Å². The second-order valence-corrected chi connectivity index (χ2v) is 33.4. The molecule has 5 atom stereocenters. The van der Waals surface area contributed by atoms with E-state index in [0.717, 1.165) is 122 Å². The molecule has 12 rings (SSSR count). The molecule has 0 radical (unpaired) electrons. The van der Waals surface area contributed by atoms with Gasteiger partial charge in [-0.2, -0.15) is 9.90 Å². The monoisotopic (exact) mass is 1880 g/mol.